The fraction of sp³-hybridized carbons (Fsp3) is 0. The number of carbonyl (C=O) groups excluding carboxylic acids is 1. The number of amides is 1. The van der Waals surface area contributed by atoms with E-state index in [1.165, 1.54) is 11.3 Å². The minimum absolute atomic E-state index is 0.257. The molecule has 2 aromatic rings. The van der Waals surface area contributed by atoms with Gasteiger partial charge in [0.15, 0.2) is 0 Å². The van der Waals surface area contributed by atoms with Gasteiger partial charge in [0.1, 0.15) is 15.7 Å². The summed E-state index contributed by atoms with van der Waals surface area (Å²) < 4.78 is 0.594. The summed E-state index contributed by atoms with van der Waals surface area (Å²) >= 11 is 4.52. The van der Waals surface area contributed by atoms with Crippen LogP contribution in [0.5, 0.6) is 0 Å². The Morgan fingerprint density at radius 3 is 3.06 bits per heavy atom. The molecular formula is C11H6BrN3OS. The molecule has 0 unspecified atom stereocenters. The molecule has 2 heterocycles. The van der Waals surface area contributed by atoms with Gasteiger partial charge in [-0.05, 0) is 39.5 Å². The molecule has 0 radical (unpaired) electrons. The molecule has 84 valence electrons. The fourth-order valence-electron chi connectivity index (χ4n) is 1.21. The SMILES string of the molecule is N#Cc1ccsc1NC(=O)c1ccnc(Br)c1. The summed E-state index contributed by atoms with van der Waals surface area (Å²) in [4.78, 5) is 15.8. The van der Waals surface area contributed by atoms with E-state index < -0.39 is 0 Å². The van der Waals surface area contributed by atoms with Crippen LogP contribution in [-0.4, -0.2) is 10.9 Å². The first-order valence-corrected chi connectivity index (χ1v) is 6.28. The number of anilines is 1. The minimum Gasteiger partial charge on any atom is -0.312 e. The average molecular weight is 308 g/mol. The van der Waals surface area contributed by atoms with Crippen LogP contribution >= 0.6 is 27.3 Å². The molecule has 0 fully saturated rings. The lowest BCUT2D eigenvalue weighted by Gasteiger charge is -2.03. The molecule has 0 bridgehead atoms. The van der Waals surface area contributed by atoms with Gasteiger partial charge in [-0.25, -0.2) is 4.98 Å². The van der Waals surface area contributed by atoms with E-state index >= 15 is 0 Å². The van der Waals surface area contributed by atoms with Crippen molar-refractivity contribution >= 4 is 38.2 Å². The number of halogens is 1. The molecule has 2 aromatic heterocycles. The van der Waals surface area contributed by atoms with E-state index in [0.717, 1.165) is 0 Å². The topological polar surface area (TPSA) is 65.8 Å². The van der Waals surface area contributed by atoms with Crippen LogP contribution in [0.25, 0.3) is 0 Å². The van der Waals surface area contributed by atoms with Crippen molar-refractivity contribution in [2.75, 3.05) is 5.32 Å². The predicted molar refractivity (Wildman–Crippen MR) is 68.9 cm³/mol. The third kappa shape index (κ3) is 2.70. The number of nitriles is 1. The Kier molecular flexibility index (Phi) is 3.52. The lowest BCUT2D eigenvalue weighted by Crippen LogP contribution is -2.11. The van der Waals surface area contributed by atoms with E-state index in [0.29, 0.717) is 20.7 Å². The quantitative estimate of drug-likeness (QED) is 0.867. The normalized spacial score (nSPS) is 9.65. The standard InChI is InChI=1S/C11H6BrN3OS/c12-9-5-7(1-3-14-9)10(16)15-11-8(6-13)2-4-17-11/h1-5H,(H,15,16). The molecule has 0 spiro atoms. The molecule has 17 heavy (non-hydrogen) atoms. The van der Waals surface area contributed by atoms with Gasteiger partial charge in [0.2, 0.25) is 0 Å². The van der Waals surface area contributed by atoms with Crippen molar-refractivity contribution in [2.24, 2.45) is 0 Å². The highest BCUT2D eigenvalue weighted by Crippen LogP contribution is 2.23. The zero-order valence-corrected chi connectivity index (χ0v) is 10.9. The van der Waals surface area contributed by atoms with Crippen LogP contribution in [0.4, 0.5) is 5.00 Å². The Balaban J connectivity index is 2.21. The van der Waals surface area contributed by atoms with Crippen molar-refractivity contribution in [1.29, 1.82) is 5.26 Å². The molecule has 6 heteroatoms. The third-order valence-electron chi connectivity index (χ3n) is 2.00. The number of rotatable bonds is 2. The third-order valence-corrected chi connectivity index (χ3v) is 3.27. The zero-order chi connectivity index (χ0) is 12.3. The summed E-state index contributed by atoms with van der Waals surface area (Å²) in [5.41, 5.74) is 0.959. The second-order valence-corrected chi connectivity index (χ2v) is 4.83. The van der Waals surface area contributed by atoms with Gasteiger partial charge in [0.05, 0.1) is 5.56 Å². The van der Waals surface area contributed by atoms with Crippen molar-refractivity contribution in [3.8, 4) is 6.07 Å². The molecule has 4 nitrogen and oxygen atoms in total. The summed E-state index contributed by atoms with van der Waals surface area (Å²) in [6, 6.07) is 6.92. The molecule has 0 aliphatic carbocycles. The van der Waals surface area contributed by atoms with E-state index in [1.807, 2.05) is 6.07 Å². The highest BCUT2D eigenvalue weighted by molar-refractivity contribution is 9.10. The Morgan fingerprint density at radius 1 is 1.53 bits per heavy atom. The summed E-state index contributed by atoms with van der Waals surface area (Å²) in [6.45, 7) is 0. The molecule has 1 N–H and O–H groups in total. The summed E-state index contributed by atoms with van der Waals surface area (Å²) in [7, 11) is 0. The van der Waals surface area contributed by atoms with Gasteiger partial charge in [-0.3, -0.25) is 4.79 Å². The Bertz CT molecular complexity index is 603. The molecule has 0 aliphatic rings. The van der Waals surface area contributed by atoms with Gasteiger partial charge in [-0.2, -0.15) is 5.26 Å². The number of nitrogens with zero attached hydrogens (tertiary/aromatic N) is 2. The van der Waals surface area contributed by atoms with Gasteiger partial charge in [-0.1, -0.05) is 0 Å². The summed E-state index contributed by atoms with van der Waals surface area (Å²) in [5, 5.41) is 13.8. The van der Waals surface area contributed by atoms with E-state index in [1.54, 1.807) is 29.8 Å². The number of pyridine rings is 1. The monoisotopic (exact) mass is 307 g/mol. The van der Waals surface area contributed by atoms with E-state index in [9.17, 15) is 4.79 Å². The van der Waals surface area contributed by atoms with Crippen molar-refractivity contribution in [2.45, 2.75) is 0 Å². The van der Waals surface area contributed by atoms with Crippen LogP contribution in [0.15, 0.2) is 34.4 Å². The Labute approximate surface area is 110 Å². The van der Waals surface area contributed by atoms with Crippen LogP contribution in [0, 0.1) is 11.3 Å². The van der Waals surface area contributed by atoms with E-state index in [4.69, 9.17) is 5.26 Å². The number of hydrogen-bond acceptors (Lipinski definition) is 4. The molecule has 0 atom stereocenters. The first-order chi connectivity index (χ1) is 8.20. The van der Waals surface area contributed by atoms with Crippen molar-refractivity contribution in [1.82, 2.24) is 4.98 Å². The van der Waals surface area contributed by atoms with Crippen LogP contribution in [0.3, 0.4) is 0 Å². The molecule has 0 aliphatic heterocycles. The first-order valence-electron chi connectivity index (χ1n) is 4.61. The predicted octanol–water partition coefficient (Wildman–Crippen LogP) is 3.03. The van der Waals surface area contributed by atoms with E-state index in [2.05, 4.69) is 26.2 Å². The molecule has 1 amide bonds. The van der Waals surface area contributed by atoms with Gasteiger partial charge in [-0.15, -0.1) is 11.3 Å². The van der Waals surface area contributed by atoms with Crippen molar-refractivity contribution in [3.63, 3.8) is 0 Å². The molecule has 0 saturated carbocycles. The molecular weight excluding hydrogens is 302 g/mol. The fourth-order valence-corrected chi connectivity index (χ4v) is 2.31. The zero-order valence-electron chi connectivity index (χ0n) is 8.48. The van der Waals surface area contributed by atoms with E-state index in [-0.39, 0.29) is 5.91 Å². The lowest BCUT2D eigenvalue weighted by molar-refractivity contribution is 0.102. The molecule has 0 aromatic carbocycles. The van der Waals surface area contributed by atoms with Crippen LogP contribution in [0.1, 0.15) is 15.9 Å². The second-order valence-electron chi connectivity index (χ2n) is 3.10. The maximum absolute atomic E-state index is 11.9. The number of thiophene rings is 1. The van der Waals surface area contributed by atoms with Crippen LogP contribution in [-0.2, 0) is 0 Å². The van der Waals surface area contributed by atoms with Crippen molar-refractivity contribution in [3.05, 3.63) is 45.5 Å². The number of aromatic nitrogens is 1. The average Bonchev–Trinajstić information content (AvgIpc) is 2.76. The molecule has 0 saturated heterocycles. The molecule has 2 rings (SSSR count). The Hall–Kier alpha value is -1.71. The minimum atomic E-state index is -0.257. The van der Waals surface area contributed by atoms with Crippen LogP contribution < -0.4 is 5.32 Å². The first kappa shape index (κ1) is 11.8. The maximum atomic E-state index is 11.9. The van der Waals surface area contributed by atoms with Crippen LogP contribution in [0.2, 0.25) is 0 Å². The van der Waals surface area contributed by atoms with Gasteiger partial charge in [0, 0.05) is 11.8 Å². The number of nitrogens with one attached hydrogen (secondary N) is 1. The van der Waals surface area contributed by atoms with Gasteiger partial charge < -0.3 is 5.32 Å². The highest BCUT2D eigenvalue weighted by atomic mass is 79.9. The lowest BCUT2D eigenvalue weighted by atomic mass is 10.2. The smallest absolute Gasteiger partial charge is 0.256 e. The highest BCUT2D eigenvalue weighted by Gasteiger charge is 2.10. The largest absolute Gasteiger partial charge is 0.312 e. The Morgan fingerprint density at radius 2 is 2.35 bits per heavy atom. The number of carbonyl (C=O) groups is 1. The van der Waals surface area contributed by atoms with Gasteiger partial charge in [0.25, 0.3) is 5.91 Å². The maximum Gasteiger partial charge on any atom is 0.256 e. The second kappa shape index (κ2) is 5.08. The summed E-state index contributed by atoms with van der Waals surface area (Å²) in [6.07, 6.45) is 1.54. The summed E-state index contributed by atoms with van der Waals surface area (Å²) in [5.74, 6) is -0.257. The van der Waals surface area contributed by atoms with Crippen molar-refractivity contribution < 1.29 is 4.79 Å². The van der Waals surface area contributed by atoms with Gasteiger partial charge >= 0.3 is 0 Å². The number of hydrogen-bond donors (Lipinski definition) is 1.